The van der Waals surface area contributed by atoms with Crippen LogP contribution in [0.3, 0.4) is 0 Å². The summed E-state index contributed by atoms with van der Waals surface area (Å²) in [4.78, 5) is 29.8. The standard InChI is InChI=1S/C9H10N2O4.C3H5ClO2/c10-8(9(12)13)5-6-1-3-7(4-2-6)11(14)15;1-2-6-3(4)5/h1-4,8H,5,10H2,(H,12,13);2H2,1H3. The first kappa shape index (κ1) is 18.8. The number of carboxylic acids is 1. The van der Waals surface area contributed by atoms with Gasteiger partial charge < -0.3 is 15.6 Å². The van der Waals surface area contributed by atoms with Crippen LogP contribution in [-0.4, -0.2) is 34.1 Å². The molecule has 0 bridgehead atoms. The number of halogens is 1. The number of nitro benzene ring substituents is 1. The van der Waals surface area contributed by atoms with Crippen molar-refractivity contribution < 1.29 is 24.4 Å². The molecule has 9 heteroatoms. The first-order valence-corrected chi connectivity index (χ1v) is 6.19. The SMILES string of the molecule is CCOC(=O)Cl.NC(Cc1ccc([N+](=O)[O-])cc1)C(=O)O. The highest BCUT2D eigenvalue weighted by Gasteiger charge is 2.12. The zero-order valence-corrected chi connectivity index (χ0v) is 11.9. The molecule has 0 amide bonds. The maximum Gasteiger partial charge on any atom is 0.403 e. The molecule has 0 radical (unpaired) electrons. The molecule has 0 aliphatic carbocycles. The van der Waals surface area contributed by atoms with E-state index in [1.165, 1.54) is 24.3 Å². The molecular weight excluding hydrogens is 304 g/mol. The minimum Gasteiger partial charge on any atom is -0.480 e. The number of carbonyl (C=O) groups is 2. The molecule has 3 N–H and O–H groups in total. The van der Waals surface area contributed by atoms with E-state index in [4.69, 9.17) is 22.4 Å². The van der Waals surface area contributed by atoms with Gasteiger partial charge in [-0.25, -0.2) is 4.79 Å². The number of non-ortho nitro benzene ring substituents is 1. The molecule has 1 aromatic rings. The monoisotopic (exact) mass is 318 g/mol. The molecule has 21 heavy (non-hydrogen) atoms. The van der Waals surface area contributed by atoms with E-state index in [1.807, 2.05) is 0 Å². The maximum atomic E-state index is 10.4. The molecular formula is C12H15ClN2O6. The van der Waals surface area contributed by atoms with E-state index in [-0.39, 0.29) is 12.1 Å². The first-order valence-electron chi connectivity index (χ1n) is 5.81. The summed E-state index contributed by atoms with van der Waals surface area (Å²) in [5.41, 5.74) is 5.21. The summed E-state index contributed by atoms with van der Waals surface area (Å²) in [6.07, 6.45) is 0.160. The van der Waals surface area contributed by atoms with Crippen LogP contribution < -0.4 is 5.73 Å². The van der Waals surface area contributed by atoms with Crippen molar-refractivity contribution in [1.82, 2.24) is 0 Å². The van der Waals surface area contributed by atoms with E-state index in [9.17, 15) is 19.7 Å². The summed E-state index contributed by atoms with van der Waals surface area (Å²) in [6.45, 7) is 2.04. The Hall–Kier alpha value is -2.19. The predicted molar refractivity (Wildman–Crippen MR) is 75.3 cm³/mol. The lowest BCUT2D eigenvalue weighted by atomic mass is 10.1. The predicted octanol–water partition coefficient (Wildman–Crippen LogP) is 1.93. The van der Waals surface area contributed by atoms with Gasteiger partial charge in [0.15, 0.2) is 0 Å². The van der Waals surface area contributed by atoms with Crippen LogP contribution in [0.4, 0.5) is 10.5 Å². The Bertz CT molecular complexity index is 491. The third-order valence-corrected chi connectivity index (χ3v) is 2.29. The van der Waals surface area contributed by atoms with E-state index < -0.39 is 22.4 Å². The Morgan fingerprint density at radius 3 is 2.24 bits per heavy atom. The minimum absolute atomic E-state index is 0.0253. The number of hydrogen-bond donors (Lipinski definition) is 2. The van der Waals surface area contributed by atoms with E-state index in [0.717, 1.165) is 0 Å². The van der Waals surface area contributed by atoms with Crippen molar-refractivity contribution in [3.8, 4) is 0 Å². The Morgan fingerprint density at radius 2 is 1.95 bits per heavy atom. The Kier molecular flexibility index (Phi) is 8.66. The molecule has 0 spiro atoms. The molecule has 0 aromatic heterocycles. The Morgan fingerprint density at radius 1 is 1.43 bits per heavy atom. The van der Waals surface area contributed by atoms with Gasteiger partial charge in [0.05, 0.1) is 11.5 Å². The van der Waals surface area contributed by atoms with E-state index in [2.05, 4.69) is 4.74 Å². The van der Waals surface area contributed by atoms with Gasteiger partial charge >= 0.3 is 11.4 Å². The first-order chi connectivity index (χ1) is 9.77. The van der Waals surface area contributed by atoms with Crippen molar-refractivity contribution in [2.45, 2.75) is 19.4 Å². The smallest absolute Gasteiger partial charge is 0.403 e. The van der Waals surface area contributed by atoms with Gasteiger partial charge in [-0.3, -0.25) is 14.9 Å². The molecule has 0 heterocycles. The van der Waals surface area contributed by atoms with Crippen LogP contribution in [0.2, 0.25) is 0 Å². The van der Waals surface area contributed by atoms with Crippen molar-refractivity contribution in [2.75, 3.05) is 6.61 Å². The zero-order chi connectivity index (χ0) is 16.4. The molecule has 0 saturated heterocycles. The highest BCUT2D eigenvalue weighted by Crippen LogP contribution is 2.12. The van der Waals surface area contributed by atoms with Crippen LogP contribution in [0, 0.1) is 10.1 Å². The normalized spacial score (nSPS) is 10.8. The second-order valence-corrected chi connectivity index (χ2v) is 4.05. The summed E-state index contributed by atoms with van der Waals surface area (Å²) in [5, 5.41) is 18.9. The summed E-state index contributed by atoms with van der Waals surface area (Å²) in [7, 11) is 0. The maximum absolute atomic E-state index is 10.4. The molecule has 0 fully saturated rings. The van der Waals surface area contributed by atoms with Crippen LogP contribution in [-0.2, 0) is 16.0 Å². The Balaban J connectivity index is 0.000000567. The number of carbonyl (C=O) groups excluding carboxylic acids is 1. The van der Waals surface area contributed by atoms with Crippen molar-refractivity contribution in [3.05, 3.63) is 39.9 Å². The molecule has 8 nitrogen and oxygen atoms in total. The molecule has 1 unspecified atom stereocenters. The van der Waals surface area contributed by atoms with Crippen LogP contribution in [0.5, 0.6) is 0 Å². The average Bonchev–Trinajstić information content (AvgIpc) is 2.39. The van der Waals surface area contributed by atoms with Gasteiger partial charge in [0.25, 0.3) is 5.69 Å². The summed E-state index contributed by atoms with van der Waals surface area (Å²) < 4.78 is 4.17. The summed E-state index contributed by atoms with van der Waals surface area (Å²) in [5.74, 6) is -1.09. The number of carboxylic acid groups (broad SMARTS) is 1. The number of nitrogens with two attached hydrogens (primary N) is 1. The number of nitrogens with zero attached hydrogens (tertiary/aromatic N) is 1. The summed E-state index contributed by atoms with van der Waals surface area (Å²) >= 11 is 4.72. The number of aliphatic carboxylic acids is 1. The Labute approximate surface area is 125 Å². The summed E-state index contributed by atoms with van der Waals surface area (Å²) in [6, 6.07) is 4.67. The van der Waals surface area contributed by atoms with Crippen molar-refractivity contribution in [1.29, 1.82) is 0 Å². The van der Waals surface area contributed by atoms with Crippen molar-refractivity contribution in [3.63, 3.8) is 0 Å². The quantitative estimate of drug-likeness (QED) is 0.481. The molecule has 0 saturated carbocycles. The number of benzene rings is 1. The number of nitro groups is 1. The lowest BCUT2D eigenvalue weighted by Crippen LogP contribution is -2.32. The third-order valence-electron chi connectivity index (χ3n) is 2.18. The van der Waals surface area contributed by atoms with Crippen molar-refractivity contribution >= 4 is 28.7 Å². The van der Waals surface area contributed by atoms with Crippen LogP contribution in [0.1, 0.15) is 12.5 Å². The number of hydrogen-bond acceptors (Lipinski definition) is 6. The molecule has 0 aliphatic heterocycles. The van der Waals surface area contributed by atoms with Gasteiger partial charge in [-0.1, -0.05) is 12.1 Å². The van der Waals surface area contributed by atoms with Gasteiger partial charge in [-0.15, -0.1) is 0 Å². The van der Waals surface area contributed by atoms with Gasteiger partial charge in [-0.05, 0) is 18.9 Å². The molecule has 116 valence electrons. The lowest BCUT2D eigenvalue weighted by molar-refractivity contribution is -0.384. The largest absolute Gasteiger partial charge is 0.480 e. The van der Waals surface area contributed by atoms with Crippen LogP contribution >= 0.6 is 11.6 Å². The van der Waals surface area contributed by atoms with Crippen LogP contribution in [0.15, 0.2) is 24.3 Å². The third kappa shape index (κ3) is 8.56. The number of rotatable bonds is 5. The number of ether oxygens (including phenoxy) is 1. The lowest BCUT2D eigenvalue weighted by Gasteiger charge is -2.05. The van der Waals surface area contributed by atoms with Gasteiger partial charge in [0, 0.05) is 23.7 Å². The van der Waals surface area contributed by atoms with E-state index in [1.54, 1.807) is 6.92 Å². The van der Waals surface area contributed by atoms with Gasteiger partial charge in [-0.2, -0.15) is 0 Å². The average molecular weight is 319 g/mol. The fraction of sp³-hybridized carbons (Fsp3) is 0.333. The molecule has 1 aromatic carbocycles. The zero-order valence-electron chi connectivity index (χ0n) is 11.2. The van der Waals surface area contributed by atoms with E-state index in [0.29, 0.717) is 12.2 Å². The molecule has 1 rings (SSSR count). The van der Waals surface area contributed by atoms with Crippen LogP contribution in [0.25, 0.3) is 0 Å². The van der Waals surface area contributed by atoms with Crippen molar-refractivity contribution in [2.24, 2.45) is 5.73 Å². The van der Waals surface area contributed by atoms with Gasteiger partial charge in [0.2, 0.25) is 0 Å². The molecule has 0 aliphatic rings. The van der Waals surface area contributed by atoms with E-state index >= 15 is 0 Å². The molecule has 1 atom stereocenters. The van der Waals surface area contributed by atoms with Gasteiger partial charge in [0.1, 0.15) is 6.04 Å². The second-order valence-electron chi connectivity index (χ2n) is 3.74. The fourth-order valence-corrected chi connectivity index (χ4v) is 1.32. The second kappa shape index (κ2) is 9.67. The topological polar surface area (TPSA) is 133 Å². The fourth-order valence-electron chi connectivity index (χ4n) is 1.21. The minimum atomic E-state index is -1.09. The highest BCUT2D eigenvalue weighted by molar-refractivity contribution is 6.61. The highest BCUT2D eigenvalue weighted by atomic mass is 35.5.